The van der Waals surface area contributed by atoms with Crippen LogP contribution in [0.2, 0.25) is 5.02 Å². The molecule has 2 N–H and O–H groups in total. The highest BCUT2D eigenvalue weighted by molar-refractivity contribution is 7.80. The highest BCUT2D eigenvalue weighted by atomic mass is 35.5. The minimum absolute atomic E-state index is 0.626. The van der Waals surface area contributed by atoms with Gasteiger partial charge in [0.05, 0.1) is 0 Å². The standard InChI is InChI=1S/C19H23ClN2S/c1-3-4-5-15-6-10-18(11-7-15)22-19(23)21-13-16-8-9-17(20)12-14(16)2/h6-12H,3-5,13H2,1-2H3,(H2,21,22,23). The quantitative estimate of drug-likeness (QED) is 0.677. The predicted octanol–water partition coefficient (Wildman–Crippen LogP) is 5.48. The minimum Gasteiger partial charge on any atom is -0.358 e. The Hall–Kier alpha value is -1.58. The van der Waals surface area contributed by atoms with E-state index in [9.17, 15) is 0 Å². The molecule has 0 heterocycles. The first-order chi connectivity index (χ1) is 11.1. The van der Waals surface area contributed by atoms with Crippen molar-refractivity contribution < 1.29 is 0 Å². The van der Waals surface area contributed by atoms with E-state index in [0.29, 0.717) is 11.7 Å². The van der Waals surface area contributed by atoms with E-state index in [1.807, 2.05) is 25.1 Å². The number of hydrogen-bond donors (Lipinski definition) is 2. The van der Waals surface area contributed by atoms with Crippen LogP contribution in [0, 0.1) is 6.92 Å². The Labute approximate surface area is 149 Å². The molecule has 2 nitrogen and oxygen atoms in total. The van der Waals surface area contributed by atoms with Crippen molar-refractivity contribution in [1.82, 2.24) is 5.32 Å². The zero-order valence-corrected chi connectivity index (χ0v) is 15.2. The number of halogens is 1. The van der Waals surface area contributed by atoms with Crippen molar-refractivity contribution in [3.05, 3.63) is 64.2 Å². The lowest BCUT2D eigenvalue weighted by Gasteiger charge is -2.12. The van der Waals surface area contributed by atoms with E-state index in [-0.39, 0.29) is 0 Å². The lowest BCUT2D eigenvalue weighted by atomic mass is 10.1. The highest BCUT2D eigenvalue weighted by Gasteiger charge is 2.02. The Bertz CT molecular complexity index is 653. The number of rotatable bonds is 6. The van der Waals surface area contributed by atoms with Crippen LogP contribution in [0.5, 0.6) is 0 Å². The van der Waals surface area contributed by atoms with Gasteiger partial charge in [-0.2, -0.15) is 0 Å². The third-order valence-electron chi connectivity index (χ3n) is 3.77. The molecule has 0 radical (unpaired) electrons. The summed E-state index contributed by atoms with van der Waals surface area (Å²) in [4.78, 5) is 0. The summed E-state index contributed by atoms with van der Waals surface area (Å²) < 4.78 is 0. The first kappa shape index (κ1) is 17.8. The SMILES string of the molecule is CCCCc1ccc(NC(=S)NCc2ccc(Cl)cc2C)cc1. The molecule has 0 aliphatic rings. The summed E-state index contributed by atoms with van der Waals surface area (Å²) in [6.45, 7) is 4.94. The van der Waals surface area contributed by atoms with Gasteiger partial charge in [0.1, 0.15) is 0 Å². The summed E-state index contributed by atoms with van der Waals surface area (Å²) in [5.41, 5.74) is 4.73. The summed E-state index contributed by atoms with van der Waals surface area (Å²) in [6, 6.07) is 14.4. The van der Waals surface area contributed by atoms with Crippen LogP contribution in [0.15, 0.2) is 42.5 Å². The molecule has 0 saturated carbocycles. The molecule has 0 atom stereocenters. The van der Waals surface area contributed by atoms with E-state index >= 15 is 0 Å². The highest BCUT2D eigenvalue weighted by Crippen LogP contribution is 2.15. The predicted molar refractivity (Wildman–Crippen MR) is 104 cm³/mol. The van der Waals surface area contributed by atoms with Crippen LogP contribution in [-0.2, 0) is 13.0 Å². The van der Waals surface area contributed by atoms with Crippen molar-refractivity contribution in [2.45, 2.75) is 39.7 Å². The van der Waals surface area contributed by atoms with Gasteiger partial charge in [0.25, 0.3) is 0 Å². The fourth-order valence-electron chi connectivity index (χ4n) is 2.34. The molecule has 0 aromatic heterocycles. The molecule has 0 saturated heterocycles. The summed E-state index contributed by atoms with van der Waals surface area (Å²) in [6.07, 6.45) is 3.58. The first-order valence-corrected chi connectivity index (χ1v) is 8.76. The number of thiocarbonyl (C=S) groups is 1. The molecule has 0 bridgehead atoms. The van der Waals surface area contributed by atoms with Crippen molar-refractivity contribution in [3.63, 3.8) is 0 Å². The number of benzene rings is 2. The van der Waals surface area contributed by atoms with Crippen LogP contribution in [0.1, 0.15) is 36.5 Å². The topological polar surface area (TPSA) is 24.1 Å². The van der Waals surface area contributed by atoms with E-state index in [2.05, 4.69) is 41.8 Å². The van der Waals surface area contributed by atoms with Crippen LogP contribution in [0.3, 0.4) is 0 Å². The van der Waals surface area contributed by atoms with E-state index in [4.69, 9.17) is 23.8 Å². The summed E-state index contributed by atoms with van der Waals surface area (Å²) in [5.74, 6) is 0. The maximum Gasteiger partial charge on any atom is 0.171 e. The smallest absolute Gasteiger partial charge is 0.171 e. The Morgan fingerprint density at radius 3 is 2.52 bits per heavy atom. The van der Waals surface area contributed by atoms with Gasteiger partial charge in [-0.15, -0.1) is 0 Å². The van der Waals surface area contributed by atoms with Crippen molar-refractivity contribution in [2.24, 2.45) is 0 Å². The molecule has 2 rings (SSSR count). The molecule has 122 valence electrons. The molecular formula is C19H23ClN2S. The molecule has 0 aliphatic carbocycles. The normalized spacial score (nSPS) is 10.4. The van der Waals surface area contributed by atoms with Gasteiger partial charge in [-0.3, -0.25) is 0 Å². The number of unbranched alkanes of at least 4 members (excludes halogenated alkanes) is 1. The van der Waals surface area contributed by atoms with Crippen molar-refractivity contribution in [1.29, 1.82) is 0 Å². The average Bonchev–Trinajstić information content (AvgIpc) is 2.53. The summed E-state index contributed by atoms with van der Waals surface area (Å²) in [5, 5.41) is 7.84. The Balaban J connectivity index is 1.84. The second-order valence-electron chi connectivity index (χ2n) is 5.68. The van der Waals surface area contributed by atoms with Crippen molar-refractivity contribution in [2.75, 3.05) is 5.32 Å². The van der Waals surface area contributed by atoms with Crippen LogP contribution in [0.4, 0.5) is 5.69 Å². The van der Waals surface area contributed by atoms with Gasteiger partial charge in [0.2, 0.25) is 0 Å². The Morgan fingerprint density at radius 1 is 1.13 bits per heavy atom. The summed E-state index contributed by atoms with van der Waals surface area (Å²) >= 11 is 11.3. The molecule has 0 amide bonds. The molecule has 0 aliphatic heterocycles. The molecule has 23 heavy (non-hydrogen) atoms. The van der Waals surface area contributed by atoms with E-state index in [1.165, 1.54) is 24.0 Å². The third kappa shape index (κ3) is 5.85. The zero-order valence-electron chi connectivity index (χ0n) is 13.7. The van der Waals surface area contributed by atoms with Crippen molar-refractivity contribution >= 4 is 34.6 Å². The largest absolute Gasteiger partial charge is 0.358 e. The van der Waals surface area contributed by atoms with E-state index in [0.717, 1.165) is 22.7 Å². The fourth-order valence-corrected chi connectivity index (χ4v) is 2.76. The van der Waals surface area contributed by atoms with Gasteiger partial charge in [-0.25, -0.2) is 0 Å². The first-order valence-electron chi connectivity index (χ1n) is 7.97. The Morgan fingerprint density at radius 2 is 1.87 bits per heavy atom. The molecule has 4 heteroatoms. The second-order valence-corrected chi connectivity index (χ2v) is 6.52. The lowest BCUT2D eigenvalue weighted by molar-refractivity contribution is 0.795. The molecular weight excluding hydrogens is 324 g/mol. The van der Waals surface area contributed by atoms with Crippen LogP contribution >= 0.6 is 23.8 Å². The lowest BCUT2D eigenvalue weighted by Crippen LogP contribution is -2.28. The molecule has 2 aromatic rings. The average molecular weight is 347 g/mol. The number of hydrogen-bond acceptors (Lipinski definition) is 1. The molecule has 0 unspecified atom stereocenters. The number of aryl methyl sites for hydroxylation is 2. The number of nitrogens with one attached hydrogen (secondary N) is 2. The van der Waals surface area contributed by atoms with Crippen LogP contribution in [-0.4, -0.2) is 5.11 Å². The van der Waals surface area contributed by atoms with Gasteiger partial charge < -0.3 is 10.6 Å². The van der Waals surface area contributed by atoms with Gasteiger partial charge in [-0.1, -0.05) is 43.1 Å². The second kappa shape index (κ2) is 8.90. The van der Waals surface area contributed by atoms with E-state index < -0.39 is 0 Å². The summed E-state index contributed by atoms with van der Waals surface area (Å²) in [7, 11) is 0. The van der Waals surface area contributed by atoms with Gasteiger partial charge in [0, 0.05) is 17.3 Å². The molecule has 2 aromatic carbocycles. The Kier molecular flexibility index (Phi) is 6.87. The van der Waals surface area contributed by atoms with Gasteiger partial charge in [0.15, 0.2) is 5.11 Å². The maximum absolute atomic E-state index is 5.97. The minimum atomic E-state index is 0.626. The maximum atomic E-state index is 5.97. The monoisotopic (exact) mass is 346 g/mol. The fraction of sp³-hybridized carbons (Fsp3) is 0.316. The van der Waals surface area contributed by atoms with E-state index in [1.54, 1.807) is 0 Å². The van der Waals surface area contributed by atoms with Crippen molar-refractivity contribution in [3.8, 4) is 0 Å². The number of anilines is 1. The van der Waals surface area contributed by atoms with Crippen LogP contribution in [0.25, 0.3) is 0 Å². The molecule has 0 fully saturated rings. The third-order valence-corrected chi connectivity index (χ3v) is 4.26. The van der Waals surface area contributed by atoms with Gasteiger partial charge >= 0.3 is 0 Å². The molecule has 0 spiro atoms. The zero-order chi connectivity index (χ0) is 16.7. The van der Waals surface area contributed by atoms with Crippen LogP contribution < -0.4 is 10.6 Å². The van der Waals surface area contributed by atoms with Gasteiger partial charge in [-0.05, 0) is 72.9 Å².